The molecule has 0 atom stereocenters. The maximum atomic E-state index is 12.0. The van der Waals surface area contributed by atoms with Crippen LogP contribution >= 0.6 is 0 Å². The number of carbonyl (C=O) groups excluding carboxylic acids is 1. The molecule has 0 spiro atoms. The Balaban J connectivity index is 1.53. The van der Waals surface area contributed by atoms with E-state index in [0.717, 1.165) is 18.0 Å². The van der Waals surface area contributed by atoms with Crippen LogP contribution in [0.25, 0.3) is 0 Å². The molecule has 0 radical (unpaired) electrons. The number of nitrogens with zero attached hydrogens (tertiary/aromatic N) is 1. The summed E-state index contributed by atoms with van der Waals surface area (Å²) in [5.41, 5.74) is 7.56. The van der Waals surface area contributed by atoms with Crippen LogP contribution in [0.15, 0.2) is 52.1 Å². The normalized spacial score (nSPS) is 14.9. The average molecular weight is 326 g/mol. The van der Waals surface area contributed by atoms with Gasteiger partial charge >= 0.3 is 0 Å². The highest BCUT2D eigenvalue weighted by atomic mass is 16.3. The molecular formula is C18H22N4O2. The Bertz CT molecular complexity index is 706. The third kappa shape index (κ3) is 4.38. The van der Waals surface area contributed by atoms with E-state index in [0.29, 0.717) is 18.2 Å². The molecule has 1 aromatic heterocycles. The Morgan fingerprint density at radius 2 is 2.17 bits per heavy atom. The molecule has 0 bridgehead atoms. The quantitative estimate of drug-likeness (QED) is 0.562. The van der Waals surface area contributed by atoms with Gasteiger partial charge in [0, 0.05) is 12.2 Å². The first-order valence-electron chi connectivity index (χ1n) is 8.18. The highest BCUT2D eigenvalue weighted by molar-refractivity contribution is 6.02. The van der Waals surface area contributed by atoms with Gasteiger partial charge in [-0.2, -0.15) is 0 Å². The van der Waals surface area contributed by atoms with E-state index >= 15 is 0 Å². The van der Waals surface area contributed by atoms with E-state index in [4.69, 9.17) is 10.2 Å². The number of guanidine groups is 1. The van der Waals surface area contributed by atoms with Gasteiger partial charge < -0.3 is 20.8 Å². The molecule has 4 N–H and O–H groups in total. The van der Waals surface area contributed by atoms with Crippen LogP contribution in [0, 0.1) is 5.92 Å². The summed E-state index contributed by atoms with van der Waals surface area (Å²) < 4.78 is 5.08. The largest absolute Gasteiger partial charge is 0.459 e. The van der Waals surface area contributed by atoms with Crippen LogP contribution in [0.2, 0.25) is 0 Å². The van der Waals surface area contributed by atoms with Crippen molar-refractivity contribution < 1.29 is 9.21 Å². The van der Waals surface area contributed by atoms with Gasteiger partial charge in [-0.05, 0) is 48.6 Å². The van der Waals surface area contributed by atoms with Crippen molar-refractivity contribution in [2.75, 3.05) is 11.9 Å². The van der Waals surface area contributed by atoms with Crippen molar-refractivity contribution >= 4 is 17.6 Å². The van der Waals surface area contributed by atoms with E-state index in [2.05, 4.69) is 15.6 Å². The van der Waals surface area contributed by atoms with Gasteiger partial charge in [0.1, 0.15) is 0 Å². The SMILES string of the molecule is NC(=NCc1cccc(NC(=O)c2ccco2)c1)NCC1CCC1. The van der Waals surface area contributed by atoms with Crippen molar-refractivity contribution in [1.82, 2.24) is 5.32 Å². The standard InChI is InChI=1S/C18H22N4O2/c19-18(20-11-13-4-1-5-13)21-12-14-6-2-7-15(10-14)22-17(23)16-8-3-9-24-16/h2-3,6-10,13H,1,4-5,11-12H2,(H,22,23)(H3,19,20,21). The molecule has 1 aromatic carbocycles. The fourth-order valence-corrected chi connectivity index (χ4v) is 2.53. The zero-order valence-corrected chi connectivity index (χ0v) is 13.5. The summed E-state index contributed by atoms with van der Waals surface area (Å²) in [5, 5.41) is 5.97. The Labute approximate surface area is 141 Å². The Hall–Kier alpha value is -2.76. The topological polar surface area (TPSA) is 92.6 Å². The molecule has 1 aliphatic carbocycles. The molecule has 6 heteroatoms. The van der Waals surface area contributed by atoms with Crippen molar-refractivity contribution in [3.05, 3.63) is 54.0 Å². The molecule has 126 valence electrons. The average Bonchev–Trinajstić information content (AvgIpc) is 3.06. The van der Waals surface area contributed by atoms with E-state index in [-0.39, 0.29) is 11.7 Å². The maximum absolute atomic E-state index is 12.0. The second-order valence-electron chi connectivity index (χ2n) is 6.01. The first kappa shape index (κ1) is 16.1. The number of aliphatic imine (C=N–C) groups is 1. The first-order valence-corrected chi connectivity index (χ1v) is 8.18. The minimum absolute atomic E-state index is 0.276. The molecule has 0 saturated heterocycles. The lowest BCUT2D eigenvalue weighted by atomic mass is 9.85. The summed E-state index contributed by atoms with van der Waals surface area (Å²) in [6, 6.07) is 10.8. The fourth-order valence-electron chi connectivity index (χ4n) is 2.53. The smallest absolute Gasteiger partial charge is 0.291 e. The third-order valence-electron chi connectivity index (χ3n) is 4.16. The Morgan fingerprint density at radius 1 is 1.29 bits per heavy atom. The van der Waals surface area contributed by atoms with Crippen molar-refractivity contribution in [3.63, 3.8) is 0 Å². The lowest BCUT2D eigenvalue weighted by molar-refractivity contribution is 0.0996. The number of amides is 1. The first-order chi connectivity index (χ1) is 11.7. The molecule has 1 saturated carbocycles. The van der Waals surface area contributed by atoms with Crippen LogP contribution in [-0.2, 0) is 6.54 Å². The molecule has 6 nitrogen and oxygen atoms in total. The summed E-state index contributed by atoms with van der Waals surface area (Å²) >= 11 is 0. The van der Waals surface area contributed by atoms with Gasteiger partial charge in [-0.15, -0.1) is 0 Å². The molecule has 1 fully saturated rings. The number of benzene rings is 1. The number of hydrogen-bond acceptors (Lipinski definition) is 3. The predicted octanol–water partition coefficient (Wildman–Crippen LogP) is 2.74. The number of nitrogens with one attached hydrogen (secondary N) is 2. The van der Waals surface area contributed by atoms with E-state index in [9.17, 15) is 4.79 Å². The second kappa shape index (κ2) is 7.68. The summed E-state index contributed by atoms with van der Waals surface area (Å²) in [6.07, 6.45) is 5.34. The zero-order chi connectivity index (χ0) is 16.8. The van der Waals surface area contributed by atoms with Crippen LogP contribution in [0.3, 0.4) is 0 Å². The summed E-state index contributed by atoms with van der Waals surface area (Å²) in [4.78, 5) is 16.3. The van der Waals surface area contributed by atoms with Crippen LogP contribution in [-0.4, -0.2) is 18.4 Å². The van der Waals surface area contributed by atoms with Gasteiger partial charge in [0.15, 0.2) is 11.7 Å². The highest BCUT2D eigenvalue weighted by Crippen LogP contribution is 2.25. The van der Waals surface area contributed by atoms with E-state index in [1.165, 1.54) is 25.5 Å². The lowest BCUT2D eigenvalue weighted by Crippen LogP contribution is -2.37. The van der Waals surface area contributed by atoms with Crippen LogP contribution in [0.1, 0.15) is 35.4 Å². The fraction of sp³-hybridized carbons (Fsp3) is 0.333. The lowest BCUT2D eigenvalue weighted by Gasteiger charge is -2.25. The van der Waals surface area contributed by atoms with Crippen LogP contribution < -0.4 is 16.4 Å². The highest BCUT2D eigenvalue weighted by Gasteiger charge is 2.16. The number of furan rings is 1. The van der Waals surface area contributed by atoms with Crippen LogP contribution in [0.5, 0.6) is 0 Å². The molecule has 0 unspecified atom stereocenters. The molecule has 24 heavy (non-hydrogen) atoms. The number of hydrogen-bond donors (Lipinski definition) is 3. The molecule has 3 rings (SSSR count). The van der Waals surface area contributed by atoms with Gasteiger partial charge in [0.05, 0.1) is 12.8 Å². The third-order valence-corrected chi connectivity index (χ3v) is 4.16. The summed E-state index contributed by atoms with van der Waals surface area (Å²) in [6.45, 7) is 1.36. The van der Waals surface area contributed by atoms with Gasteiger partial charge in [-0.1, -0.05) is 18.6 Å². The van der Waals surface area contributed by atoms with Crippen molar-refractivity contribution in [2.24, 2.45) is 16.6 Å². The van der Waals surface area contributed by atoms with Gasteiger partial charge in [-0.25, -0.2) is 4.99 Å². The Morgan fingerprint density at radius 3 is 2.88 bits per heavy atom. The molecular weight excluding hydrogens is 304 g/mol. The van der Waals surface area contributed by atoms with Crippen molar-refractivity contribution in [3.8, 4) is 0 Å². The molecule has 0 aliphatic heterocycles. The molecule has 1 aliphatic rings. The van der Waals surface area contributed by atoms with Crippen LogP contribution in [0.4, 0.5) is 5.69 Å². The number of rotatable bonds is 6. The minimum Gasteiger partial charge on any atom is -0.459 e. The summed E-state index contributed by atoms with van der Waals surface area (Å²) in [5.74, 6) is 1.20. The Kier molecular flexibility index (Phi) is 5.15. The number of anilines is 1. The minimum atomic E-state index is -0.276. The molecule has 1 heterocycles. The number of carbonyl (C=O) groups is 1. The summed E-state index contributed by atoms with van der Waals surface area (Å²) in [7, 11) is 0. The van der Waals surface area contributed by atoms with Crippen molar-refractivity contribution in [2.45, 2.75) is 25.8 Å². The van der Waals surface area contributed by atoms with E-state index in [1.807, 2.05) is 24.3 Å². The number of nitrogens with two attached hydrogens (primary N) is 1. The maximum Gasteiger partial charge on any atom is 0.291 e. The molecule has 2 aromatic rings. The van der Waals surface area contributed by atoms with Gasteiger partial charge in [0.2, 0.25) is 0 Å². The van der Waals surface area contributed by atoms with Crippen molar-refractivity contribution in [1.29, 1.82) is 0 Å². The van der Waals surface area contributed by atoms with Gasteiger partial charge in [0.25, 0.3) is 5.91 Å². The second-order valence-corrected chi connectivity index (χ2v) is 6.01. The van der Waals surface area contributed by atoms with E-state index < -0.39 is 0 Å². The van der Waals surface area contributed by atoms with E-state index in [1.54, 1.807) is 12.1 Å². The molecule has 1 amide bonds. The zero-order valence-electron chi connectivity index (χ0n) is 13.5. The monoisotopic (exact) mass is 326 g/mol. The predicted molar refractivity (Wildman–Crippen MR) is 93.8 cm³/mol. The van der Waals surface area contributed by atoms with Gasteiger partial charge in [-0.3, -0.25) is 4.79 Å².